The number of hydrogen-bond acceptors (Lipinski definition) is 7. The summed E-state index contributed by atoms with van der Waals surface area (Å²) < 4.78 is 0. The summed E-state index contributed by atoms with van der Waals surface area (Å²) in [6.45, 7) is 0. The van der Waals surface area contributed by atoms with Crippen LogP contribution in [0.1, 0.15) is 89.9 Å². The fraction of sp³-hybridized carbons (Fsp3) is 0.833. The molecule has 0 aromatic heterocycles. The van der Waals surface area contributed by atoms with E-state index in [4.69, 9.17) is 0 Å². The number of carbonyl (C=O) groups excluding carboxylic acids is 1. The van der Waals surface area contributed by atoms with Crippen molar-refractivity contribution in [2.45, 2.75) is 95.7 Å². The zero-order valence-electron chi connectivity index (χ0n) is 16.1. The summed E-state index contributed by atoms with van der Waals surface area (Å²) in [6.07, 6.45) is 11.4. The van der Waals surface area contributed by atoms with Gasteiger partial charge in [0.25, 0.3) is 0 Å². The maximum absolute atomic E-state index is 10.8. The van der Waals surface area contributed by atoms with Crippen LogP contribution in [-0.2, 0) is 4.79 Å². The largest absolute Gasteiger partial charge is 0.699 e. The highest BCUT2D eigenvalue weighted by atomic mass is 16.7. The first-order valence-electron chi connectivity index (χ1n) is 9.63. The van der Waals surface area contributed by atoms with E-state index in [9.17, 15) is 35.1 Å². The summed E-state index contributed by atoms with van der Waals surface area (Å²) in [6, 6.07) is 0. The van der Waals surface area contributed by atoms with Crippen LogP contribution in [0.5, 0.6) is 0 Å². The smallest absolute Gasteiger partial charge is 0.291 e. The summed E-state index contributed by atoms with van der Waals surface area (Å²) in [5, 5.41) is 32.4. The molecule has 1 radical (unpaired) electrons. The second-order valence-corrected chi connectivity index (χ2v) is 6.58. The maximum atomic E-state index is 10.8. The number of rotatable bonds is 17. The minimum atomic E-state index is -3.33. The van der Waals surface area contributed by atoms with E-state index in [1.54, 1.807) is 0 Å². The van der Waals surface area contributed by atoms with Gasteiger partial charge in [-0.3, -0.25) is 35.1 Å². The molecule has 0 unspecified atom stereocenters. The van der Waals surface area contributed by atoms with Crippen molar-refractivity contribution in [3.8, 4) is 11.8 Å². The molecule has 10 heteroatoms. The van der Waals surface area contributed by atoms with Gasteiger partial charge in [-0.1, -0.05) is 38.5 Å². The lowest BCUT2D eigenvalue weighted by molar-refractivity contribution is -0.970. The van der Waals surface area contributed by atoms with E-state index in [1.165, 1.54) is 0 Å². The van der Waals surface area contributed by atoms with Crippen LogP contribution in [0, 0.1) is 42.2 Å². The molecule has 0 aliphatic carbocycles. The van der Waals surface area contributed by atoms with Crippen molar-refractivity contribution < 1.29 is 19.6 Å². The third-order valence-electron chi connectivity index (χ3n) is 4.40. The highest BCUT2D eigenvalue weighted by Crippen LogP contribution is 2.21. The van der Waals surface area contributed by atoms with E-state index in [0.717, 1.165) is 57.8 Å². The third kappa shape index (κ3) is 9.94. The quantitative estimate of drug-likeness (QED) is 0.118. The van der Waals surface area contributed by atoms with Gasteiger partial charge in [0.15, 0.2) is 27.5 Å². The average molecular weight is 398 g/mol. The van der Waals surface area contributed by atoms with Crippen LogP contribution in [0.2, 0.25) is 0 Å². The van der Waals surface area contributed by atoms with Gasteiger partial charge in [-0.05, 0) is 25.7 Å². The molecular formula is C18H28N3O7. The second kappa shape index (κ2) is 15.5. The SMILES string of the molecule is O=[C]CCCCCCCC#CCCCCCCCC([N+](=O)[O-])([N+](=O)[O-])[N+](=O)[O-]. The van der Waals surface area contributed by atoms with E-state index in [2.05, 4.69) is 11.8 Å². The molecule has 0 saturated heterocycles. The third-order valence-corrected chi connectivity index (χ3v) is 4.40. The molecule has 0 aromatic carbocycles. The Morgan fingerprint density at radius 3 is 1.32 bits per heavy atom. The molecule has 0 heterocycles. The van der Waals surface area contributed by atoms with Gasteiger partial charge in [0.1, 0.15) is 0 Å². The second-order valence-electron chi connectivity index (χ2n) is 6.58. The monoisotopic (exact) mass is 398 g/mol. The molecule has 0 saturated carbocycles. The van der Waals surface area contributed by atoms with E-state index < -0.39 is 27.0 Å². The first-order chi connectivity index (χ1) is 13.4. The normalized spacial score (nSPS) is 10.7. The molecule has 0 aromatic rings. The summed E-state index contributed by atoms with van der Waals surface area (Å²) in [5.41, 5.74) is 0. The number of unbranched alkanes of at least 4 members (excludes halogenated alkanes) is 11. The summed E-state index contributed by atoms with van der Waals surface area (Å²) in [5.74, 6) is 2.86. The van der Waals surface area contributed by atoms with Crippen LogP contribution in [0.25, 0.3) is 0 Å². The van der Waals surface area contributed by atoms with Gasteiger partial charge in [0, 0.05) is 19.3 Å². The van der Waals surface area contributed by atoms with Crippen molar-refractivity contribution in [1.29, 1.82) is 0 Å². The van der Waals surface area contributed by atoms with Crippen LogP contribution < -0.4 is 0 Å². The fourth-order valence-corrected chi connectivity index (χ4v) is 2.70. The molecule has 0 N–H and O–H groups in total. The summed E-state index contributed by atoms with van der Waals surface area (Å²) in [4.78, 5) is 38.1. The molecule has 0 aliphatic heterocycles. The molecule has 0 spiro atoms. The van der Waals surface area contributed by atoms with Crippen LogP contribution in [0.15, 0.2) is 0 Å². The Balaban J connectivity index is 3.75. The van der Waals surface area contributed by atoms with Crippen LogP contribution in [0.3, 0.4) is 0 Å². The Bertz CT molecular complexity index is 533. The van der Waals surface area contributed by atoms with Crippen molar-refractivity contribution in [1.82, 2.24) is 0 Å². The molecule has 0 amide bonds. The number of nitrogens with zero attached hydrogens (tertiary/aromatic N) is 3. The van der Waals surface area contributed by atoms with Crippen molar-refractivity contribution >= 4 is 6.29 Å². The van der Waals surface area contributed by atoms with Crippen LogP contribution in [0.4, 0.5) is 0 Å². The van der Waals surface area contributed by atoms with Crippen LogP contribution in [-0.4, -0.2) is 26.8 Å². The van der Waals surface area contributed by atoms with E-state index >= 15 is 0 Å². The Hall–Kier alpha value is -2.57. The highest BCUT2D eigenvalue weighted by molar-refractivity contribution is 5.50. The molecule has 0 atom stereocenters. The Kier molecular flexibility index (Phi) is 14.1. The minimum Gasteiger partial charge on any atom is -0.291 e. The summed E-state index contributed by atoms with van der Waals surface area (Å²) in [7, 11) is 0. The lowest BCUT2D eigenvalue weighted by Crippen LogP contribution is -2.53. The topological polar surface area (TPSA) is 146 Å². The minimum absolute atomic E-state index is 0.0551. The fourth-order valence-electron chi connectivity index (χ4n) is 2.70. The number of hydrogen-bond donors (Lipinski definition) is 0. The van der Waals surface area contributed by atoms with Gasteiger partial charge in [0.05, 0.1) is 0 Å². The zero-order valence-corrected chi connectivity index (χ0v) is 16.1. The predicted molar refractivity (Wildman–Crippen MR) is 102 cm³/mol. The van der Waals surface area contributed by atoms with Gasteiger partial charge in [0.2, 0.25) is 0 Å². The molecule has 0 rings (SSSR count). The van der Waals surface area contributed by atoms with Crippen molar-refractivity contribution in [3.63, 3.8) is 0 Å². The highest BCUT2D eigenvalue weighted by Gasteiger charge is 2.69. The van der Waals surface area contributed by atoms with E-state index in [-0.39, 0.29) is 6.42 Å². The van der Waals surface area contributed by atoms with Gasteiger partial charge in [-0.2, -0.15) is 0 Å². The Morgan fingerprint density at radius 1 is 0.571 bits per heavy atom. The molecule has 0 aliphatic rings. The van der Waals surface area contributed by atoms with E-state index in [1.807, 2.05) is 6.29 Å². The standard InChI is InChI=1S/C18H28N3O7/c22-17-15-13-11-9-7-5-3-1-2-4-6-8-10-12-14-16-18(19(23)24,20(25)26)21(27)28/h3-16H2. The molecule has 28 heavy (non-hydrogen) atoms. The Labute approximate surface area is 164 Å². The van der Waals surface area contributed by atoms with Crippen molar-refractivity contribution in [3.05, 3.63) is 30.3 Å². The summed E-state index contributed by atoms with van der Waals surface area (Å²) >= 11 is 0. The zero-order chi connectivity index (χ0) is 21.3. The molecular weight excluding hydrogens is 370 g/mol. The van der Waals surface area contributed by atoms with Crippen LogP contribution >= 0.6 is 0 Å². The Morgan fingerprint density at radius 2 is 0.929 bits per heavy atom. The van der Waals surface area contributed by atoms with Crippen molar-refractivity contribution in [2.24, 2.45) is 0 Å². The maximum Gasteiger partial charge on any atom is 0.699 e. The first-order valence-corrected chi connectivity index (χ1v) is 9.63. The average Bonchev–Trinajstić information content (AvgIpc) is 2.63. The molecule has 10 nitrogen and oxygen atoms in total. The van der Waals surface area contributed by atoms with Crippen molar-refractivity contribution in [2.75, 3.05) is 0 Å². The number of nitro groups is 3. The molecule has 0 fully saturated rings. The van der Waals surface area contributed by atoms with Gasteiger partial charge >= 0.3 is 5.79 Å². The van der Waals surface area contributed by atoms with Gasteiger partial charge in [-0.25, -0.2) is 0 Å². The first kappa shape index (κ1) is 25.4. The predicted octanol–water partition coefficient (Wildman–Crippen LogP) is 4.04. The lowest BCUT2D eigenvalue weighted by Gasteiger charge is -2.08. The van der Waals surface area contributed by atoms with E-state index in [0.29, 0.717) is 19.3 Å². The van der Waals surface area contributed by atoms with Gasteiger partial charge < -0.3 is 0 Å². The van der Waals surface area contributed by atoms with Gasteiger partial charge in [-0.15, -0.1) is 11.8 Å². The molecule has 0 bridgehead atoms. The lowest BCUT2D eigenvalue weighted by atomic mass is 10.1. The molecule has 157 valence electrons.